The molecule has 0 bridgehead atoms. The van der Waals surface area contributed by atoms with Crippen LogP contribution in [0.2, 0.25) is 5.02 Å². The van der Waals surface area contributed by atoms with Gasteiger partial charge in [0.1, 0.15) is 0 Å². The normalized spacial score (nSPS) is 10.6. The summed E-state index contributed by atoms with van der Waals surface area (Å²) < 4.78 is 4.90. The molecule has 5 heteroatoms. The first-order valence-electron chi connectivity index (χ1n) is 7.45. The van der Waals surface area contributed by atoms with E-state index in [4.69, 9.17) is 16.3 Å². The van der Waals surface area contributed by atoms with Crippen LogP contribution in [0.4, 0.5) is 0 Å². The summed E-state index contributed by atoms with van der Waals surface area (Å²) >= 11 is 5.87. The third kappa shape index (κ3) is 6.26. The molecule has 0 saturated heterocycles. The van der Waals surface area contributed by atoms with Gasteiger partial charge in [0.25, 0.3) is 5.91 Å². The maximum absolute atomic E-state index is 11.7. The number of carbonyl (C=O) groups excluding carboxylic acids is 2. The lowest BCUT2D eigenvalue weighted by molar-refractivity contribution is -0.143. The highest BCUT2D eigenvalue weighted by atomic mass is 35.5. The third-order valence-corrected chi connectivity index (χ3v) is 3.41. The van der Waals surface area contributed by atoms with Crippen molar-refractivity contribution in [2.75, 3.05) is 6.61 Å². The second kappa shape index (κ2) is 8.89. The quantitative estimate of drug-likeness (QED) is 0.645. The fraction of sp³-hybridized carbons (Fsp3) is 0.158. The first-order valence-corrected chi connectivity index (χ1v) is 7.83. The third-order valence-electron chi connectivity index (χ3n) is 3.18. The molecule has 2 aromatic carbocycles. The lowest BCUT2D eigenvalue weighted by atomic mass is 10.1. The molecule has 4 nitrogen and oxygen atoms in total. The summed E-state index contributed by atoms with van der Waals surface area (Å²) in [5, 5.41) is 3.27. The van der Waals surface area contributed by atoms with Crippen molar-refractivity contribution in [3.05, 3.63) is 76.3 Å². The van der Waals surface area contributed by atoms with Crippen molar-refractivity contribution in [2.24, 2.45) is 0 Å². The summed E-state index contributed by atoms with van der Waals surface area (Å²) in [6.45, 7) is 1.98. The maximum atomic E-state index is 11.7. The predicted octanol–water partition coefficient (Wildman–Crippen LogP) is 3.52. The smallest absolute Gasteiger partial charge is 0.331 e. The molecule has 124 valence electrons. The summed E-state index contributed by atoms with van der Waals surface area (Å²) in [4.78, 5) is 23.3. The van der Waals surface area contributed by atoms with Gasteiger partial charge in [0.2, 0.25) is 0 Å². The number of hydrogen-bond donors (Lipinski definition) is 1. The van der Waals surface area contributed by atoms with Gasteiger partial charge in [-0.3, -0.25) is 4.79 Å². The number of benzene rings is 2. The monoisotopic (exact) mass is 343 g/mol. The minimum atomic E-state index is -0.561. The first kappa shape index (κ1) is 17.8. The first-order chi connectivity index (χ1) is 11.5. The number of esters is 1. The molecule has 0 radical (unpaired) electrons. The summed E-state index contributed by atoms with van der Waals surface area (Å²) in [6, 6.07) is 14.9. The van der Waals surface area contributed by atoms with Gasteiger partial charge in [-0.25, -0.2) is 4.79 Å². The van der Waals surface area contributed by atoms with E-state index < -0.39 is 5.97 Å². The van der Waals surface area contributed by atoms with Crippen LogP contribution in [0.5, 0.6) is 0 Å². The van der Waals surface area contributed by atoms with Gasteiger partial charge in [-0.15, -0.1) is 0 Å². The molecule has 2 aromatic rings. The summed E-state index contributed by atoms with van der Waals surface area (Å²) in [6.07, 6.45) is 2.96. The summed E-state index contributed by atoms with van der Waals surface area (Å²) in [5.74, 6) is -0.929. The van der Waals surface area contributed by atoms with E-state index in [1.807, 2.05) is 37.3 Å². The number of nitrogens with one attached hydrogen (secondary N) is 1. The van der Waals surface area contributed by atoms with Crippen molar-refractivity contribution in [3.8, 4) is 0 Å². The van der Waals surface area contributed by atoms with Crippen LogP contribution in [0.3, 0.4) is 0 Å². The SMILES string of the molecule is Cc1cccc(/C=C/C(=O)OCC(=O)NCc2cccc(Cl)c2)c1. The number of ether oxygens (including phenoxy) is 1. The minimum absolute atomic E-state index is 0.322. The number of hydrogen-bond acceptors (Lipinski definition) is 3. The Hall–Kier alpha value is -2.59. The Bertz CT molecular complexity index is 756. The van der Waals surface area contributed by atoms with Gasteiger partial charge >= 0.3 is 5.97 Å². The molecule has 1 amide bonds. The van der Waals surface area contributed by atoms with Gasteiger partial charge in [0.15, 0.2) is 6.61 Å². The Morgan fingerprint density at radius 1 is 1.17 bits per heavy atom. The summed E-state index contributed by atoms with van der Waals surface area (Å²) in [5.41, 5.74) is 2.88. The fourth-order valence-electron chi connectivity index (χ4n) is 2.02. The zero-order valence-corrected chi connectivity index (χ0v) is 14.0. The zero-order chi connectivity index (χ0) is 17.4. The van der Waals surface area contributed by atoms with Crippen LogP contribution < -0.4 is 5.32 Å². The molecule has 1 N–H and O–H groups in total. The molecule has 24 heavy (non-hydrogen) atoms. The Balaban J connectivity index is 1.74. The Labute approximate surface area is 146 Å². The van der Waals surface area contributed by atoms with E-state index in [2.05, 4.69) is 5.32 Å². The summed E-state index contributed by atoms with van der Waals surface area (Å²) in [7, 11) is 0. The van der Waals surface area contributed by atoms with Crippen molar-refractivity contribution in [1.29, 1.82) is 0 Å². The molecule has 0 spiro atoms. The number of aryl methyl sites for hydroxylation is 1. The van der Waals surface area contributed by atoms with E-state index >= 15 is 0 Å². The average molecular weight is 344 g/mol. The van der Waals surface area contributed by atoms with Crippen molar-refractivity contribution < 1.29 is 14.3 Å². The second-order valence-electron chi connectivity index (χ2n) is 5.26. The molecule has 0 aliphatic rings. The van der Waals surface area contributed by atoms with Gasteiger partial charge in [-0.1, -0.05) is 53.6 Å². The Kier molecular flexibility index (Phi) is 6.58. The van der Waals surface area contributed by atoms with E-state index in [9.17, 15) is 9.59 Å². The minimum Gasteiger partial charge on any atom is -0.452 e. The maximum Gasteiger partial charge on any atom is 0.331 e. The molecule has 2 rings (SSSR count). The molecule has 0 saturated carbocycles. The fourth-order valence-corrected chi connectivity index (χ4v) is 2.23. The molecule has 0 aromatic heterocycles. The van der Waals surface area contributed by atoms with Crippen LogP contribution in [-0.4, -0.2) is 18.5 Å². The highest BCUT2D eigenvalue weighted by Crippen LogP contribution is 2.10. The molecule has 0 atom stereocenters. The van der Waals surface area contributed by atoms with Crippen molar-refractivity contribution in [1.82, 2.24) is 5.32 Å². The van der Waals surface area contributed by atoms with Gasteiger partial charge in [-0.2, -0.15) is 0 Å². The van der Waals surface area contributed by atoms with Crippen molar-refractivity contribution >= 4 is 29.6 Å². The lowest BCUT2D eigenvalue weighted by Gasteiger charge is -2.06. The molecule has 0 unspecified atom stereocenters. The number of rotatable bonds is 6. The molecule has 0 fully saturated rings. The number of carbonyl (C=O) groups is 2. The number of amides is 1. The van der Waals surface area contributed by atoms with Crippen LogP contribution in [0.1, 0.15) is 16.7 Å². The van der Waals surface area contributed by atoms with Gasteiger partial charge in [-0.05, 0) is 36.3 Å². The van der Waals surface area contributed by atoms with Crippen LogP contribution >= 0.6 is 11.6 Å². The molecule has 0 heterocycles. The van der Waals surface area contributed by atoms with Gasteiger partial charge in [0, 0.05) is 17.6 Å². The van der Waals surface area contributed by atoms with Crippen LogP contribution in [0.25, 0.3) is 6.08 Å². The second-order valence-corrected chi connectivity index (χ2v) is 5.70. The van der Waals surface area contributed by atoms with Gasteiger partial charge < -0.3 is 10.1 Å². The van der Waals surface area contributed by atoms with Gasteiger partial charge in [0.05, 0.1) is 0 Å². The van der Waals surface area contributed by atoms with Crippen molar-refractivity contribution in [3.63, 3.8) is 0 Å². The molecular weight excluding hydrogens is 326 g/mol. The highest BCUT2D eigenvalue weighted by Gasteiger charge is 2.05. The Morgan fingerprint density at radius 2 is 1.96 bits per heavy atom. The van der Waals surface area contributed by atoms with E-state index in [0.29, 0.717) is 11.6 Å². The van der Waals surface area contributed by atoms with E-state index in [-0.39, 0.29) is 12.5 Å². The highest BCUT2D eigenvalue weighted by molar-refractivity contribution is 6.30. The molecule has 0 aliphatic heterocycles. The molecular formula is C19H18ClNO3. The topological polar surface area (TPSA) is 55.4 Å². The standard InChI is InChI=1S/C19H18ClNO3/c1-14-4-2-5-15(10-14)8-9-19(23)24-13-18(22)21-12-16-6-3-7-17(20)11-16/h2-11H,12-13H2,1H3,(H,21,22)/b9-8+. The average Bonchev–Trinajstić information content (AvgIpc) is 2.56. The van der Waals surface area contributed by atoms with Crippen LogP contribution in [0, 0.1) is 6.92 Å². The Morgan fingerprint density at radius 3 is 2.71 bits per heavy atom. The lowest BCUT2D eigenvalue weighted by Crippen LogP contribution is -2.28. The predicted molar refractivity (Wildman–Crippen MR) is 94.5 cm³/mol. The van der Waals surface area contributed by atoms with Crippen LogP contribution in [-0.2, 0) is 20.9 Å². The van der Waals surface area contributed by atoms with E-state index in [1.165, 1.54) is 6.08 Å². The number of halogens is 1. The van der Waals surface area contributed by atoms with E-state index in [1.54, 1.807) is 24.3 Å². The van der Waals surface area contributed by atoms with Crippen molar-refractivity contribution in [2.45, 2.75) is 13.5 Å². The van der Waals surface area contributed by atoms with E-state index in [0.717, 1.165) is 16.7 Å². The molecule has 0 aliphatic carbocycles. The van der Waals surface area contributed by atoms with Crippen LogP contribution in [0.15, 0.2) is 54.6 Å². The zero-order valence-electron chi connectivity index (χ0n) is 13.3. The largest absolute Gasteiger partial charge is 0.452 e.